The molecule has 0 spiro atoms. The minimum absolute atomic E-state index is 0.150. The average molecular weight is 868 g/mol. The monoisotopic (exact) mass is 867 g/mol. The molecule has 21 heteroatoms. The Kier molecular flexibility index (Phi) is 19.0. The number of ether oxygens (including phenoxy) is 2. The number of hydrogen-bond donors (Lipinski definition) is 9. The van der Waals surface area contributed by atoms with Gasteiger partial charge in [0.15, 0.2) is 0 Å². The minimum atomic E-state index is -1.11. The minimum Gasteiger partial charge on any atom is -0.467 e. The number of carbonyl (C=O) groups is 10. The van der Waals surface area contributed by atoms with Crippen molar-refractivity contribution in [3.63, 3.8) is 0 Å². The van der Waals surface area contributed by atoms with Crippen molar-refractivity contribution in [3.8, 4) is 0 Å². The summed E-state index contributed by atoms with van der Waals surface area (Å²) >= 11 is 0. The van der Waals surface area contributed by atoms with Crippen LogP contribution in [0.5, 0.6) is 0 Å². The maximum atomic E-state index is 12.9. The summed E-state index contributed by atoms with van der Waals surface area (Å²) in [5.74, 6) is -5.63. The first-order valence-corrected chi connectivity index (χ1v) is 19.5. The number of amides is 9. The Bertz CT molecular complexity index is 1980. The summed E-state index contributed by atoms with van der Waals surface area (Å²) in [6.45, 7) is 15.0. The fourth-order valence-corrected chi connectivity index (χ4v) is 4.94. The second-order valence-corrected chi connectivity index (χ2v) is 15.3. The number of esters is 1. The van der Waals surface area contributed by atoms with Crippen molar-refractivity contribution >= 4 is 70.7 Å². The van der Waals surface area contributed by atoms with Crippen LogP contribution in [-0.2, 0) is 43.0 Å². The summed E-state index contributed by atoms with van der Waals surface area (Å²) in [7, 11) is 1.18. The van der Waals surface area contributed by atoms with Crippen molar-refractivity contribution in [2.75, 3.05) is 17.7 Å². The molecule has 0 fully saturated rings. The molecule has 0 saturated carbocycles. The molecule has 2 aromatic rings. The Balaban J connectivity index is 1.82. The van der Waals surface area contributed by atoms with Crippen LogP contribution in [0.4, 0.5) is 16.2 Å². The molecular formula is C41H57N9O12. The van der Waals surface area contributed by atoms with Gasteiger partial charge in [0.2, 0.25) is 35.4 Å². The molecule has 0 aliphatic rings. The molecule has 7 atom stereocenters. The molecule has 2 rings (SSSR count). The summed E-state index contributed by atoms with van der Waals surface area (Å²) in [5, 5.41) is 22.5. The molecule has 0 saturated heterocycles. The highest BCUT2D eigenvalue weighted by Crippen LogP contribution is 2.12. The van der Waals surface area contributed by atoms with Crippen molar-refractivity contribution in [3.05, 3.63) is 59.7 Å². The van der Waals surface area contributed by atoms with E-state index in [4.69, 9.17) is 4.74 Å². The largest absolute Gasteiger partial charge is 0.467 e. The molecule has 0 radical (unpaired) electrons. The van der Waals surface area contributed by atoms with E-state index in [-0.39, 0.29) is 11.1 Å². The standard InChI is InChI=1S/C41H57N9O12/c1-20(31(51)43-23(4)35(55)49-29-18-14-28(15-19-29)38(58)46-22(3)33(53)47-26(7)39(59)61-11)42-32(52)21(2)45-37(57)27-12-16-30(17-13-27)50-36(56)24(5)44-34(54)25(6)48-40(60)62-41(8,9)10/h12-26H,1-11H3,(H,42,52)(H,43,51)(H,44,54)(H,45,57)(H,46,58)(H,47,53)(H,48,60)(H,49,55)(H,50,56)/t20-,21+,22+,23+,24+,25+,26-/m1/s1. The number of alkyl carbamates (subject to hydrolysis) is 1. The highest BCUT2D eigenvalue weighted by Gasteiger charge is 2.27. The number of nitrogens with one attached hydrogen (secondary N) is 9. The van der Waals surface area contributed by atoms with Gasteiger partial charge in [-0.25, -0.2) is 9.59 Å². The summed E-state index contributed by atoms with van der Waals surface area (Å²) < 4.78 is 9.69. The van der Waals surface area contributed by atoms with E-state index in [1.807, 2.05) is 0 Å². The van der Waals surface area contributed by atoms with Crippen LogP contribution in [0.3, 0.4) is 0 Å². The second kappa shape index (κ2) is 23.1. The van der Waals surface area contributed by atoms with Crippen molar-refractivity contribution in [2.24, 2.45) is 0 Å². The van der Waals surface area contributed by atoms with Crippen LogP contribution in [0.1, 0.15) is 90.0 Å². The van der Waals surface area contributed by atoms with Gasteiger partial charge in [0.1, 0.15) is 47.9 Å². The molecule has 0 unspecified atom stereocenters. The second-order valence-electron chi connectivity index (χ2n) is 15.3. The average Bonchev–Trinajstić information content (AvgIpc) is 3.19. The Labute approximate surface area is 359 Å². The fraction of sp³-hybridized carbons (Fsp3) is 0.463. The third-order valence-corrected chi connectivity index (χ3v) is 8.61. The van der Waals surface area contributed by atoms with E-state index in [1.54, 1.807) is 20.8 Å². The Morgan fingerprint density at radius 1 is 0.419 bits per heavy atom. The quantitative estimate of drug-likeness (QED) is 0.0932. The SMILES string of the molecule is COC(=O)[C@@H](C)NC(=O)[C@H](C)NC(=O)c1ccc(NC(=O)[C@H](C)NC(=O)[C@@H](C)NC(=O)[C@H](C)NC(=O)c2ccc(NC(=O)[C@H](C)NC(=O)[C@H](C)NC(=O)OC(C)(C)C)cc2)cc1. The Morgan fingerprint density at radius 2 is 0.710 bits per heavy atom. The molecule has 0 aliphatic carbocycles. The zero-order valence-corrected chi connectivity index (χ0v) is 36.6. The van der Waals surface area contributed by atoms with Crippen molar-refractivity contribution in [1.82, 2.24) is 37.2 Å². The normalized spacial score (nSPS) is 14.2. The number of hydrogen-bond acceptors (Lipinski definition) is 12. The Morgan fingerprint density at radius 3 is 1.03 bits per heavy atom. The number of methoxy groups -OCH3 is 1. The van der Waals surface area contributed by atoms with Crippen LogP contribution in [-0.4, -0.2) is 114 Å². The van der Waals surface area contributed by atoms with E-state index in [1.165, 1.54) is 104 Å². The molecule has 62 heavy (non-hydrogen) atoms. The van der Waals surface area contributed by atoms with Crippen molar-refractivity contribution < 1.29 is 57.4 Å². The van der Waals surface area contributed by atoms with Gasteiger partial charge in [-0.1, -0.05) is 0 Å². The first-order chi connectivity index (χ1) is 28.8. The highest BCUT2D eigenvalue weighted by atomic mass is 16.6. The van der Waals surface area contributed by atoms with Gasteiger partial charge in [-0.3, -0.25) is 38.4 Å². The smallest absolute Gasteiger partial charge is 0.408 e. The van der Waals surface area contributed by atoms with E-state index in [9.17, 15) is 47.9 Å². The summed E-state index contributed by atoms with van der Waals surface area (Å²) in [4.78, 5) is 125. The van der Waals surface area contributed by atoms with Gasteiger partial charge in [-0.2, -0.15) is 0 Å². The lowest BCUT2D eigenvalue weighted by Gasteiger charge is -2.22. The van der Waals surface area contributed by atoms with Crippen LogP contribution < -0.4 is 47.9 Å². The number of benzene rings is 2. The molecule has 9 N–H and O–H groups in total. The molecule has 338 valence electrons. The van der Waals surface area contributed by atoms with E-state index >= 15 is 0 Å². The fourth-order valence-electron chi connectivity index (χ4n) is 4.94. The van der Waals surface area contributed by atoms with Crippen LogP contribution in [0.2, 0.25) is 0 Å². The third kappa shape index (κ3) is 16.9. The molecule has 0 bridgehead atoms. The van der Waals surface area contributed by atoms with Crippen LogP contribution in [0.15, 0.2) is 48.5 Å². The molecule has 2 aromatic carbocycles. The van der Waals surface area contributed by atoms with E-state index in [2.05, 4.69) is 52.6 Å². The zero-order valence-electron chi connectivity index (χ0n) is 36.6. The lowest BCUT2D eigenvalue weighted by molar-refractivity contribution is -0.144. The predicted octanol–water partition coefficient (Wildman–Crippen LogP) is 0.605. The maximum Gasteiger partial charge on any atom is 0.408 e. The highest BCUT2D eigenvalue weighted by molar-refractivity contribution is 6.02. The molecule has 0 aromatic heterocycles. The topological polar surface area (TPSA) is 297 Å². The van der Waals surface area contributed by atoms with Gasteiger partial charge < -0.3 is 57.3 Å². The Hall–Kier alpha value is -7.06. The lowest BCUT2D eigenvalue weighted by Crippen LogP contribution is -2.54. The van der Waals surface area contributed by atoms with Gasteiger partial charge >= 0.3 is 12.1 Å². The molecule has 9 amide bonds. The van der Waals surface area contributed by atoms with Gasteiger partial charge in [0, 0.05) is 22.5 Å². The first kappa shape index (κ1) is 51.1. The third-order valence-electron chi connectivity index (χ3n) is 8.61. The van der Waals surface area contributed by atoms with Crippen LogP contribution in [0.25, 0.3) is 0 Å². The number of rotatable bonds is 18. The van der Waals surface area contributed by atoms with E-state index in [0.29, 0.717) is 11.4 Å². The van der Waals surface area contributed by atoms with Crippen LogP contribution >= 0.6 is 0 Å². The molecule has 0 heterocycles. The lowest BCUT2D eigenvalue weighted by atomic mass is 10.1. The summed E-state index contributed by atoms with van der Waals surface area (Å²) in [6, 6.07) is 4.29. The number of anilines is 2. The maximum absolute atomic E-state index is 12.9. The molecule has 0 aliphatic heterocycles. The van der Waals surface area contributed by atoms with Gasteiger partial charge in [0.05, 0.1) is 7.11 Å². The molecule has 21 nitrogen and oxygen atoms in total. The number of carbonyl (C=O) groups excluding carboxylic acids is 10. The van der Waals surface area contributed by atoms with E-state index in [0.717, 1.165) is 0 Å². The predicted molar refractivity (Wildman–Crippen MR) is 225 cm³/mol. The van der Waals surface area contributed by atoms with Crippen molar-refractivity contribution in [1.29, 1.82) is 0 Å². The van der Waals surface area contributed by atoms with Crippen molar-refractivity contribution in [2.45, 2.75) is 117 Å². The summed E-state index contributed by atoms with van der Waals surface area (Å²) in [6.07, 6.45) is -0.787. The van der Waals surface area contributed by atoms with Gasteiger partial charge in [-0.15, -0.1) is 0 Å². The zero-order chi connectivity index (χ0) is 47.1. The molecular weight excluding hydrogens is 811 g/mol. The first-order valence-electron chi connectivity index (χ1n) is 19.5. The summed E-state index contributed by atoms with van der Waals surface area (Å²) in [5.41, 5.74) is 0.178. The van der Waals surface area contributed by atoms with Crippen LogP contribution in [0, 0.1) is 0 Å². The van der Waals surface area contributed by atoms with Gasteiger partial charge in [-0.05, 0) is 118 Å². The van der Waals surface area contributed by atoms with E-state index < -0.39 is 107 Å². The van der Waals surface area contributed by atoms with Gasteiger partial charge in [0.25, 0.3) is 11.8 Å².